The molecule has 0 radical (unpaired) electrons. The molecule has 0 spiro atoms. The van der Waals surface area contributed by atoms with Crippen LogP contribution in [0.2, 0.25) is 0 Å². The van der Waals surface area contributed by atoms with Gasteiger partial charge in [-0.05, 0) is 38.0 Å². The monoisotopic (exact) mass is 357 g/mol. The van der Waals surface area contributed by atoms with Crippen LogP contribution in [0.3, 0.4) is 0 Å². The van der Waals surface area contributed by atoms with Gasteiger partial charge in [0, 0.05) is 35.4 Å². The molecule has 140 valence electrons. The molecule has 0 fully saturated rings. The van der Waals surface area contributed by atoms with E-state index >= 15 is 0 Å². The van der Waals surface area contributed by atoms with E-state index in [0.29, 0.717) is 33.9 Å². The highest BCUT2D eigenvalue weighted by Gasteiger charge is 2.33. The maximum Gasteiger partial charge on any atom is 0.255 e. The zero-order valence-corrected chi connectivity index (χ0v) is 15.8. The average molecular weight is 357 g/mol. The minimum absolute atomic E-state index is 0.0250. The number of nitrogens with two attached hydrogens (primary N) is 2. The van der Waals surface area contributed by atoms with Crippen LogP contribution in [0, 0.1) is 16.7 Å². The van der Waals surface area contributed by atoms with Crippen molar-refractivity contribution in [1.82, 2.24) is 9.91 Å². The minimum atomic E-state index is -0.430. The third-order valence-corrected chi connectivity index (χ3v) is 4.71. The lowest BCUT2D eigenvalue weighted by molar-refractivity contribution is -0.113. The summed E-state index contributed by atoms with van der Waals surface area (Å²) in [6, 6.07) is 4.68. The molecule has 8 heteroatoms. The van der Waals surface area contributed by atoms with Crippen LogP contribution in [0.4, 0.5) is 11.4 Å². The fourth-order valence-electron chi connectivity index (χ4n) is 2.87. The van der Waals surface area contributed by atoms with Crippen LogP contribution in [0.15, 0.2) is 29.5 Å². The fraction of sp³-hybridized carbons (Fsp3) is 0.389. The number of guanidine groups is 1. The van der Waals surface area contributed by atoms with Crippen molar-refractivity contribution in [2.75, 3.05) is 18.1 Å². The topological polar surface area (TPSA) is 135 Å². The standard InChI is InChI=1S/C18H27N7O/c1-9(2)16(20)13-8-12(6-7-14(13)19)23-17(26)15-10(3)24(5)18(21)25(22)11(15)4/h6-9,11,20-21H,19,22H2,1-5H3,(H,23,26)/t11-/m1/s1. The normalized spacial score (nSPS) is 17.8. The number of carbonyl (C=O) groups excluding carboxylic acids is 1. The number of allylic oxidation sites excluding steroid dienone is 1. The summed E-state index contributed by atoms with van der Waals surface area (Å²) >= 11 is 0. The van der Waals surface area contributed by atoms with Crippen LogP contribution in [-0.2, 0) is 4.79 Å². The lowest BCUT2D eigenvalue weighted by Gasteiger charge is -2.39. The lowest BCUT2D eigenvalue weighted by Crippen LogP contribution is -2.56. The third-order valence-electron chi connectivity index (χ3n) is 4.71. The first-order chi connectivity index (χ1) is 12.1. The van der Waals surface area contributed by atoms with Crippen LogP contribution < -0.4 is 16.9 Å². The number of nitrogens with one attached hydrogen (secondary N) is 3. The van der Waals surface area contributed by atoms with Gasteiger partial charge in [0.2, 0.25) is 5.96 Å². The molecule has 0 bridgehead atoms. The van der Waals surface area contributed by atoms with Gasteiger partial charge in [0.15, 0.2) is 0 Å². The van der Waals surface area contributed by atoms with Gasteiger partial charge in [-0.1, -0.05) is 13.8 Å². The van der Waals surface area contributed by atoms with E-state index in [0.717, 1.165) is 0 Å². The van der Waals surface area contributed by atoms with E-state index in [2.05, 4.69) is 5.32 Å². The van der Waals surface area contributed by atoms with Gasteiger partial charge in [-0.15, -0.1) is 0 Å². The number of carbonyl (C=O) groups is 1. The Morgan fingerprint density at radius 2 is 1.96 bits per heavy atom. The molecule has 1 aromatic carbocycles. The number of amides is 1. The van der Waals surface area contributed by atoms with Gasteiger partial charge >= 0.3 is 0 Å². The summed E-state index contributed by atoms with van der Waals surface area (Å²) in [5.74, 6) is 5.78. The molecule has 1 aliphatic heterocycles. The van der Waals surface area contributed by atoms with Crippen LogP contribution >= 0.6 is 0 Å². The molecule has 0 unspecified atom stereocenters. The van der Waals surface area contributed by atoms with Gasteiger partial charge in [0.05, 0.1) is 11.6 Å². The smallest absolute Gasteiger partial charge is 0.255 e. The molecule has 0 aromatic heterocycles. The highest BCUT2D eigenvalue weighted by atomic mass is 16.1. The van der Waals surface area contributed by atoms with E-state index in [-0.39, 0.29) is 17.8 Å². The molecule has 0 saturated heterocycles. The van der Waals surface area contributed by atoms with Gasteiger partial charge in [0.1, 0.15) is 0 Å². The summed E-state index contributed by atoms with van der Waals surface area (Å²) in [4.78, 5) is 14.4. The molecular formula is C18H27N7O. The molecule has 2 rings (SSSR count). The van der Waals surface area contributed by atoms with E-state index in [4.69, 9.17) is 22.4 Å². The minimum Gasteiger partial charge on any atom is -0.398 e. The zero-order chi connectivity index (χ0) is 19.8. The molecule has 1 aromatic rings. The average Bonchev–Trinajstić information content (AvgIpc) is 2.59. The highest BCUT2D eigenvalue weighted by Crippen LogP contribution is 2.25. The Balaban J connectivity index is 2.34. The lowest BCUT2D eigenvalue weighted by atomic mass is 9.98. The second-order valence-corrected chi connectivity index (χ2v) is 6.79. The summed E-state index contributed by atoms with van der Waals surface area (Å²) in [7, 11) is 1.70. The van der Waals surface area contributed by atoms with Crippen molar-refractivity contribution in [2.45, 2.75) is 33.7 Å². The molecule has 0 aliphatic carbocycles. The van der Waals surface area contributed by atoms with E-state index < -0.39 is 6.04 Å². The third kappa shape index (κ3) is 3.41. The predicted molar refractivity (Wildman–Crippen MR) is 105 cm³/mol. The van der Waals surface area contributed by atoms with Gasteiger partial charge in [0.25, 0.3) is 5.91 Å². The first kappa shape index (κ1) is 19.5. The second-order valence-electron chi connectivity index (χ2n) is 6.79. The maximum atomic E-state index is 12.9. The fourth-order valence-corrected chi connectivity index (χ4v) is 2.87. The van der Waals surface area contributed by atoms with Gasteiger partial charge in [-0.25, -0.2) is 5.84 Å². The quantitative estimate of drug-likeness (QED) is 0.319. The van der Waals surface area contributed by atoms with Crippen molar-refractivity contribution in [3.8, 4) is 0 Å². The number of nitrogens with zero attached hydrogens (tertiary/aromatic N) is 2. The SMILES string of the molecule is CC1=C(C(=O)Nc2ccc(N)c(C(=N)C(C)C)c2)[C@@H](C)N(N)C(=N)N1C. The van der Waals surface area contributed by atoms with E-state index in [1.54, 1.807) is 44.0 Å². The van der Waals surface area contributed by atoms with E-state index in [1.807, 2.05) is 13.8 Å². The highest BCUT2D eigenvalue weighted by molar-refractivity contribution is 6.08. The van der Waals surface area contributed by atoms with E-state index in [9.17, 15) is 4.79 Å². The summed E-state index contributed by atoms with van der Waals surface area (Å²) < 4.78 is 0. The van der Waals surface area contributed by atoms with Crippen molar-refractivity contribution in [1.29, 1.82) is 10.8 Å². The van der Waals surface area contributed by atoms with Crippen LogP contribution in [-0.4, -0.2) is 40.6 Å². The first-order valence-corrected chi connectivity index (χ1v) is 8.42. The Hall–Kier alpha value is -2.87. The molecule has 8 nitrogen and oxygen atoms in total. The molecular weight excluding hydrogens is 330 g/mol. The number of nitrogen functional groups attached to an aromatic ring is 1. The first-order valence-electron chi connectivity index (χ1n) is 8.42. The Morgan fingerprint density at radius 3 is 2.54 bits per heavy atom. The second kappa shape index (κ2) is 7.17. The molecule has 1 heterocycles. The molecule has 1 aliphatic rings. The molecule has 0 saturated carbocycles. The van der Waals surface area contributed by atoms with Crippen molar-refractivity contribution in [3.05, 3.63) is 35.0 Å². The van der Waals surface area contributed by atoms with Gasteiger partial charge in [-0.3, -0.25) is 15.2 Å². The van der Waals surface area contributed by atoms with Crippen LogP contribution in [0.1, 0.15) is 33.3 Å². The molecule has 1 amide bonds. The predicted octanol–water partition coefficient (Wildman–Crippen LogP) is 1.95. The van der Waals surface area contributed by atoms with Gasteiger partial charge in [-0.2, -0.15) is 0 Å². The van der Waals surface area contributed by atoms with Crippen molar-refractivity contribution >= 4 is 29.0 Å². The van der Waals surface area contributed by atoms with Crippen LogP contribution in [0.25, 0.3) is 0 Å². The van der Waals surface area contributed by atoms with Crippen LogP contribution in [0.5, 0.6) is 0 Å². The number of anilines is 2. The summed E-state index contributed by atoms with van der Waals surface area (Å²) in [5.41, 5.74) is 9.24. The van der Waals surface area contributed by atoms with Crippen molar-refractivity contribution in [3.63, 3.8) is 0 Å². The van der Waals surface area contributed by atoms with Gasteiger partial charge < -0.3 is 21.4 Å². The maximum absolute atomic E-state index is 12.9. The number of benzene rings is 1. The molecule has 7 N–H and O–H groups in total. The summed E-state index contributed by atoms with van der Waals surface area (Å²) in [5, 5.41) is 20.3. The Morgan fingerprint density at radius 1 is 1.35 bits per heavy atom. The Bertz CT molecular complexity index is 797. The largest absolute Gasteiger partial charge is 0.398 e. The summed E-state index contributed by atoms with van der Waals surface area (Å²) in [6.45, 7) is 7.41. The Labute approximate surface area is 153 Å². The van der Waals surface area contributed by atoms with Crippen molar-refractivity contribution in [2.24, 2.45) is 11.8 Å². The number of hydrazine groups is 1. The number of rotatable bonds is 4. The summed E-state index contributed by atoms with van der Waals surface area (Å²) in [6.07, 6.45) is 0. The molecule has 1 atom stereocenters. The number of hydrogen-bond acceptors (Lipinski definition) is 5. The number of hydrogen-bond donors (Lipinski definition) is 5. The van der Waals surface area contributed by atoms with E-state index in [1.165, 1.54) is 5.01 Å². The van der Waals surface area contributed by atoms with Crippen molar-refractivity contribution < 1.29 is 4.79 Å². The Kier molecular flexibility index (Phi) is 5.36. The molecule has 26 heavy (non-hydrogen) atoms. The zero-order valence-electron chi connectivity index (χ0n) is 15.8.